The topological polar surface area (TPSA) is 37.3 Å². The quantitative estimate of drug-likeness (QED) is 0.624. The molecule has 0 aliphatic rings. The van der Waals surface area contributed by atoms with Crippen molar-refractivity contribution in [1.29, 1.82) is 0 Å². The standard InChI is InChI=1S/C4HF7O2.Rh/c5-2(6,1(12)13)3(7,8)4(9,10)11;/h(H,12,13);. The van der Waals surface area contributed by atoms with Gasteiger partial charge in [-0.05, 0) is 0 Å². The summed E-state index contributed by atoms with van der Waals surface area (Å²) in [6.45, 7) is 0. The van der Waals surface area contributed by atoms with Crippen molar-refractivity contribution in [2.75, 3.05) is 0 Å². The van der Waals surface area contributed by atoms with E-state index in [1.165, 1.54) is 0 Å². The fourth-order valence-electron chi connectivity index (χ4n) is 0.312. The summed E-state index contributed by atoms with van der Waals surface area (Å²) in [5.41, 5.74) is 0. The second kappa shape index (κ2) is 4.00. The van der Waals surface area contributed by atoms with Gasteiger partial charge in [0, 0.05) is 19.5 Å². The van der Waals surface area contributed by atoms with Crippen LogP contribution in [0.25, 0.3) is 0 Å². The second-order valence-corrected chi connectivity index (χ2v) is 1.95. The fraction of sp³-hybridized carbons (Fsp3) is 0.750. The maximum absolute atomic E-state index is 11.8. The summed E-state index contributed by atoms with van der Waals surface area (Å²) in [6, 6.07) is 0. The summed E-state index contributed by atoms with van der Waals surface area (Å²) < 4.78 is 80.5. The van der Waals surface area contributed by atoms with Crippen LogP contribution in [0.4, 0.5) is 30.7 Å². The van der Waals surface area contributed by atoms with Crippen LogP contribution in [0.2, 0.25) is 0 Å². The van der Waals surface area contributed by atoms with E-state index in [1.807, 2.05) is 0 Å². The first-order chi connectivity index (χ1) is 5.44. The van der Waals surface area contributed by atoms with Crippen LogP contribution in [-0.4, -0.2) is 29.1 Å². The average Bonchev–Trinajstić information content (AvgIpc) is 1.84. The van der Waals surface area contributed by atoms with Crippen molar-refractivity contribution in [2.24, 2.45) is 0 Å². The molecule has 0 aromatic heterocycles. The van der Waals surface area contributed by atoms with Gasteiger partial charge < -0.3 is 5.11 Å². The van der Waals surface area contributed by atoms with Crippen LogP contribution in [0.3, 0.4) is 0 Å². The number of hydrogen-bond acceptors (Lipinski definition) is 1. The zero-order chi connectivity index (χ0) is 11.1. The molecule has 0 atom stereocenters. The zero-order valence-corrected chi connectivity index (χ0v) is 7.47. The third-order valence-electron chi connectivity index (χ3n) is 1.02. The average molecular weight is 317 g/mol. The van der Waals surface area contributed by atoms with E-state index in [4.69, 9.17) is 5.11 Å². The number of carbonyl (C=O) groups is 1. The van der Waals surface area contributed by atoms with E-state index in [-0.39, 0.29) is 19.5 Å². The molecule has 87 valence electrons. The summed E-state index contributed by atoms with van der Waals surface area (Å²) in [4.78, 5) is 9.38. The molecular weight excluding hydrogens is 316 g/mol. The smallest absolute Gasteiger partial charge is 0.460 e. The Bertz CT molecular complexity index is 222. The molecule has 0 aliphatic carbocycles. The van der Waals surface area contributed by atoms with Gasteiger partial charge in [-0.2, -0.15) is 30.7 Å². The van der Waals surface area contributed by atoms with Gasteiger partial charge >= 0.3 is 24.0 Å². The predicted octanol–water partition coefficient (Wildman–Crippen LogP) is 1.90. The van der Waals surface area contributed by atoms with E-state index in [1.54, 1.807) is 0 Å². The summed E-state index contributed by atoms with van der Waals surface area (Å²) in [6.07, 6.45) is -6.60. The van der Waals surface area contributed by atoms with Gasteiger partial charge in [0.15, 0.2) is 0 Å². The first-order valence-corrected chi connectivity index (χ1v) is 2.50. The Labute approximate surface area is 84.8 Å². The minimum atomic E-state index is -6.60. The molecule has 0 fully saturated rings. The van der Waals surface area contributed by atoms with Crippen LogP contribution >= 0.6 is 0 Å². The van der Waals surface area contributed by atoms with Gasteiger partial charge in [0.2, 0.25) is 0 Å². The number of alkyl halides is 7. The van der Waals surface area contributed by atoms with Crippen LogP contribution in [0.5, 0.6) is 0 Å². The maximum atomic E-state index is 11.8. The molecule has 1 radical (unpaired) electrons. The van der Waals surface area contributed by atoms with Crippen molar-refractivity contribution < 1.29 is 60.1 Å². The van der Waals surface area contributed by atoms with Crippen molar-refractivity contribution in [2.45, 2.75) is 18.0 Å². The van der Waals surface area contributed by atoms with Gasteiger partial charge in [-0.25, -0.2) is 4.79 Å². The molecule has 0 spiro atoms. The molecule has 1 N–H and O–H groups in total. The number of rotatable bonds is 2. The number of hydrogen-bond donors (Lipinski definition) is 1. The molecule has 14 heavy (non-hydrogen) atoms. The molecule has 0 aliphatic heterocycles. The van der Waals surface area contributed by atoms with Gasteiger partial charge in [0.1, 0.15) is 0 Å². The number of carboxylic acid groups (broad SMARTS) is 1. The molecule has 0 amide bonds. The summed E-state index contributed by atoms with van der Waals surface area (Å²) in [7, 11) is 0. The molecule has 0 aromatic carbocycles. The third kappa shape index (κ3) is 2.34. The Hall–Kier alpha value is -0.397. The van der Waals surface area contributed by atoms with Crippen LogP contribution in [0.15, 0.2) is 0 Å². The normalized spacial score (nSPS) is 13.4. The molecule has 2 nitrogen and oxygen atoms in total. The summed E-state index contributed by atoms with van der Waals surface area (Å²) in [5.74, 6) is -16.3. The minimum Gasteiger partial charge on any atom is -0.477 e. The summed E-state index contributed by atoms with van der Waals surface area (Å²) in [5, 5.41) is 7.41. The molecule has 0 saturated heterocycles. The second-order valence-electron chi connectivity index (χ2n) is 1.95. The van der Waals surface area contributed by atoms with E-state index in [0.717, 1.165) is 0 Å². The zero-order valence-electron chi connectivity index (χ0n) is 5.83. The Kier molecular flexibility index (Phi) is 4.58. The van der Waals surface area contributed by atoms with Crippen molar-refractivity contribution in [1.82, 2.24) is 0 Å². The van der Waals surface area contributed by atoms with E-state index in [2.05, 4.69) is 0 Å². The van der Waals surface area contributed by atoms with Gasteiger partial charge in [-0.1, -0.05) is 0 Å². The van der Waals surface area contributed by atoms with Crippen molar-refractivity contribution in [3.05, 3.63) is 0 Å². The van der Waals surface area contributed by atoms with Gasteiger partial charge in [-0.15, -0.1) is 0 Å². The van der Waals surface area contributed by atoms with Crippen LogP contribution in [0.1, 0.15) is 0 Å². The van der Waals surface area contributed by atoms with Gasteiger partial charge in [0.25, 0.3) is 0 Å². The van der Waals surface area contributed by atoms with E-state index >= 15 is 0 Å². The third-order valence-corrected chi connectivity index (χ3v) is 1.02. The molecule has 0 unspecified atom stereocenters. The van der Waals surface area contributed by atoms with Crippen LogP contribution in [0, 0.1) is 0 Å². The van der Waals surface area contributed by atoms with E-state index < -0.39 is 24.0 Å². The fourth-order valence-corrected chi connectivity index (χ4v) is 0.312. The number of aliphatic carboxylic acids is 1. The maximum Gasteiger partial charge on any atom is 0.460 e. The Morgan fingerprint density at radius 3 is 1.29 bits per heavy atom. The number of halogens is 7. The van der Waals surface area contributed by atoms with Gasteiger partial charge in [0.05, 0.1) is 0 Å². The number of carboxylic acids is 1. The van der Waals surface area contributed by atoms with E-state index in [9.17, 15) is 35.5 Å². The minimum absolute atomic E-state index is 0. The molecular formula is C4HF7O2Rh. The van der Waals surface area contributed by atoms with Crippen molar-refractivity contribution >= 4 is 5.97 Å². The predicted molar refractivity (Wildman–Crippen MR) is 23.6 cm³/mol. The Balaban J connectivity index is 0. The SMILES string of the molecule is O=C(O)C(F)(F)C(F)(F)C(F)(F)F.[Rh]. The molecule has 0 aromatic rings. The molecule has 0 bridgehead atoms. The van der Waals surface area contributed by atoms with Crippen LogP contribution < -0.4 is 0 Å². The Morgan fingerprint density at radius 2 is 1.21 bits per heavy atom. The van der Waals surface area contributed by atoms with E-state index in [0.29, 0.717) is 0 Å². The molecule has 0 heterocycles. The molecule has 10 heteroatoms. The molecule has 0 saturated carbocycles. The molecule has 0 rings (SSSR count). The first-order valence-electron chi connectivity index (χ1n) is 2.50. The first kappa shape index (κ1) is 16.0. The summed E-state index contributed by atoms with van der Waals surface area (Å²) >= 11 is 0. The van der Waals surface area contributed by atoms with Gasteiger partial charge in [-0.3, -0.25) is 0 Å². The monoisotopic (exact) mass is 317 g/mol. The van der Waals surface area contributed by atoms with Crippen molar-refractivity contribution in [3.63, 3.8) is 0 Å². The van der Waals surface area contributed by atoms with Crippen LogP contribution in [-0.2, 0) is 24.3 Å². The van der Waals surface area contributed by atoms with Crippen molar-refractivity contribution in [3.8, 4) is 0 Å². The largest absolute Gasteiger partial charge is 0.477 e. The Morgan fingerprint density at radius 1 is 0.929 bits per heavy atom.